The minimum Gasteiger partial charge on any atom is -0.383 e. The van der Waals surface area contributed by atoms with E-state index in [1.54, 1.807) is 36.4 Å². The number of nitrogens with one attached hydrogen (secondary N) is 1. The van der Waals surface area contributed by atoms with Gasteiger partial charge in [0.15, 0.2) is 12.2 Å². The summed E-state index contributed by atoms with van der Waals surface area (Å²) in [6.07, 6.45) is -3.19. The van der Waals surface area contributed by atoms with E-state index in [1.165, 1.54) is 11.0 Å². The molecule has 2 aliphatic heterocycles. The predicted molar refractivity (Wildman–Crippen MR) is 113 cm³/mol. The first-order valence-electron chi connectivity index (χ1n) is 9.61. The summed E-state index contributed by atoms with van der Waals surface area (Å²) in [5.41, 5.74) is 13.7. The van der Waals surface area contributed by atoms with Crippen LogP contribution in [0.4, 0.5) is 11.4 Å². The maximum Gasteiger partial charge on any atom is 0.259 e. The maximum atomic E-state index is 13.0. The number of amidine groups is 1. The third kappa shape index (κ3) is 3.86. The lowest BCUT2D eigenvalue weighted by atomic mass is 10.1. The monoisotopic (exact) mass is 423 g/mol. The van der Waals surface area contributed by atoms with E-state index in [4.69, 9.17) is 16.2 Å². The highest BCUT2D eigenvalue weighted by Crippen LogP contribution is 2.25. The first-order chi connectivity index (χ1) is 14.9. The van der Waals surface area contributed by atoms with Crippen molar-refractivity contribution in [3.05, 3.63) is 59.2 Å². The Morgan fingerprint density at radius 3 is 2.81 bits per heavy atom. The van der Waals surface area contributed by atoms with Gasteiger partial charge in [-0.15, -0.1) is 0 Å². The van der Waals surface area contributed by atoms with E-state index >= 15 is 0 Å². The number of carbonyl (C=O) groups excluding carboxylic acids is 3. The highest BCUT2D eigenvalue weighted by molar-refractivity contribution is 6.08. The number of rotatable bonds is 5. The van der Waals surface area contributed by atoms with Crippen LogP contribution in [0.5, 0.6) is 0 Å². The lowest BCUT2D eigenvalue weighted by Gasteiger charge is -2.34. The SMILES string of the molecule is NC(=O)c1ccccc1N1CCOC(C(O)C(=O)Nc2ccc3c(c2)CN=C3N)C1=O. The fourth-order valence-electron chi connectivity index (χ4n) is 3.65. The Kier molecular flexibility index (Phi) is 5.40. The van der Waals surface area contributed by atoms with Gasteiger partial charge in [0.05, 0.1) is 24.4 Å². The van der Waals surface area contributed by atoms with Crippen LogP contribution >= 0.6 is 0 Å². The number of ether oxygens (including phenoxy) is 1. The average molecular weight is 423 g/mol. The average Bonchev–Trinajstić information content (AvgIpc) is 3.13. The molecule has 6 N–H and O–H groups in total. The zero-order chi connectivity index (χ0) is 22.1. The molecule has 0 aliphatic carbocycles. The summed E-state index contributed by atoms with van der Waals surface area (Å²) < 4.78 is 5.40. The van der Waals surface area contributed by atoms with Crippen LogP contribution in [0.1, 0.15) is 21.5 Å². The lowest BCUT2D eigenvalue weighted by molar-refractivity contribution is -0.150. The molecule has 10 nitrogen and oxygen atoms in total. The van der Waals surface area contributed by atoms with Crippen molar-refractivity contribution in [3.8, 4) is 0 Å². The van der Waals surface area contributed by atoms with Crippen LogP contribution in [0.25, 0.3) is 0 Å². The van der Waals surface area contributed by atoms with Gasteiger partial charge in [0.2, 0.25) is 0 Å². The standard InChI is InChI=1S/C21H21N5O5/c22-18-13-6-5-12(9-11(13)10-24-18)25-20(29)16(27)17-21(30)26(7-8-31-17)15-4-2-1-3-14(15)19(23)28/h1-6,9,16-17,27H,7-8,10H2,(H2,22,24)(H2,23,28)(H,25,29). The Morgan fingerprint density at radius 2 is 2.03 bits per heavy atom. The molecule has 2 aliphatic rings. The van der Waals surface area contributed by atoms with E-state index in [1.807, 2.05) is 0 Å². The van der Waals surface area contributed by atoms with Crippen LogP contribution in [-0.4, -0.2) is 54.0 Å². The van der Waals surface area contributed by atoms with Crippen molar-refractivity contribution in [3.63, 3.8) is 0 Å². The van der Waals surface area contributed by atoms with Gasteiger partial charge in [0.1, 0.15) is 5.84 Å². The van der Waals surface area contributed by atoms with Gasteiger partial charge in [-0.25, -0.2) is 0 Å². The number of anilines is 2. The minimum atomic E-state index is -1.76. The van der Waals surface area contributed by atoms with Gasteiger partial charge < -0.3 is 31.5 Å². The second kappa shape index (κ2) is 8.17. The van der Waals surface area contributed by atoms with Crippen molar-refractivity contribution in [1.29, 1.82) is 0 Å². The van der Waals surface area contributed by atoms with Crippen molar-refractivity contribution in [2.45, 2.75) is 18.8 Å². The highest BCUT2D eigenvalue weighted by atomic mass is 16.5. The Balaban J connectivity index is 1.49. The number of morpholine rings is 1. The Labute approximate surface area is 177 Å². The van der Waals surface area contributed by atoms with Crippen LogP contribution in [0.3, 0.4) is 0 Å². The molecule has 2 unspecified atom stereocenters. The molecule has 0 radical (unpaired) electrons. The van der Waals surface area contributed by atoms with Gasteiger partial charge in [-0.3, -0.25) is 19.4 Å². The van der Waals surface area contributed by atoms with Gasteiger partial charge >= 0.3 is 0 Å². The van der Waals surface area contributed by atoms with E-state index in [9.17, 15) is 19.5 Å². The van der Waals surface area contributed by atoms with Crippen LogP contribution in [0.2, 0.25) is 0 Å². The largest absolute Gasteiger partial charge is 0.383 e. The summed E-state index contributed by atoms with van der Waals surface area (Å²) in [7, 11) is 0. The molecule has 10 heteroatoms. The molecule has 31 heavy (non-hydrogen) atoms. The fourth-order valence-corrected chi connectivity index (χ4v) is 3.65. The normalized spacial score (nSPS) is 18.9. The van der Waals surface area contributed by atoms with Crippen molar-refractivity contribution < 1.29 is 24.2 Å². The van der Waals surface area contributed by atoms with Crippen molar-refractivity contribution in [2.75, 3.05) is 23.4 Å². The van der Waals surface area contributed by atoms with E-state index in [2.05, 4.69) is 10.3 Å². The predicted octanol–water partition coefficient (Wildman–Crippen LogP) is -0.264. The second-order valence-corrected chi connectivity index (χ2v) is 7.17. The summed E-state index contributed by atoms with van der Waals surface area (Å²) in [6, 6.07) is 11.4. The third-order valence-corrected chi connectivity index (χ3v) is 5.21. The fraction of sp³-hybridized carbons (Fsp3) is 0.238. The number of para-hydroxylation sites is 1. The first kappa shape index (κ1) is 20.5. The van der Waals surface area contributed by atoms with E-state index < -0.39 is 29.9 Å². The summed E-state index contributed by atoms with van der Waals surface area (Å²) in [4.78, 5) is 42.7. The molecule has 0 bridgehead atoms. The van der Waals surface area contributed by atoms with E-state index in [0.717, 1.165) is 11.1 Å². The third-order valence-electron chi connectivity index (χ3n) is 5.21. The van der Waals surface area contributed by atoms with Crippen LogP contribution in [-0.2, 0) is 20.9 Å². The number of benzene rings is 2. The van der Waals surface area contributed by atoms with Crippen LogP contribution < -0.4 is 21.7 Å². The molecule has 2 aromatic rings. The number of amides is 3. The molecule has 2 atom stereocenters. The number of hydrogen-bond donors (Lipinski definition) is 4. The number of aliphatic hydroxyl groups excluding tert-OH is 1. The summed E-state index contributed by atoms with van der Waals surface area (Å²) in [5, 5.41) is 13.1. The Morgan fingerprint density at radius 1 is 1.26 bits per heavy atom. The van der Waals surface area contributed by atoms with E-state index in [-0.39, 0.29) is 18.7 Å². The molecule has 2 aromatic carbocycles. The number of hydrogen-bond acceptors (Lipinski definition) is 7. The summed E-state index contributed by atoms with van der Waals surface area (Å²) >= 11 is 0. The quantitative estimate of drug-likeness (QED) is 0.518. The number of nitrogens with zero attached hydrogens (tertiary/aromatic N) is 2. The first-order valence-corrected chi connectivity index (χ1v) is 9.61. The number of nitrogens with two attached hydrogens (primary N) is 2. The molecule has 0 aromatic heterocycles. The summed E-state index contributed by atoms with van der Waals surface area (Å²) in [6.45, 7) is 0.634. The van der Waals surface area contributed by atoms with Crippen molar-refractivity contribution >= 4 is 34.9 Å². The zero-order valence-electron chi connectivity index (χ0n) is 16.4. The molecular formula is C21H21N5O5. The molecule has 3 amide bonds. The zero-order valence-corrected chi connectivity index (χ0v) is 16.4. The number of aliphatic imine (C=N–C) groups is 1. The highest BCUT2D eigenvalue weighted by Gasteiger charge is 2.40. The van der Waals surface area contributed by atoms with Crippen LogP contribution in [0.15, 0.2) is 47.5 Å². The molecule has 4 rings (SSSR count). The lowest BCUT2D eigenvalue weighted by Crippen LogP contribution is -2.55. The molecule has 160 valence electrons. The van der Waals surface area contributed by atoms with Gasteiger partial charge in [0.25, 0.3) is 17.7 Å². The van der Waals surface area contributed by atoms with Gasteiger partial charge in [0, 0.05) is 17.8 Å². The van der Waals surface area contributed by atoms with Crippen LogP contribution in [0, 0.1) is 0 Å². The van der Waals surface area contributed by atoms with Gasteiger partial charge in [-0.2, -0.15) is 0 Å². The number of fused-ring (bicyclic) bond motifs is 1. The number of aliphatic hydroxyl groups is 1. The van der Waals surface area contributed by atoms with Gasteiger partial charge in [-0.05, 0) is 35.9 Å². The maximum absolute atomic E-state index is 13.0. The molecule has 2 heterocycles. The molecule has 1 saturated heterocycles. The van der Waals surface area contributed by atoms with Crippen molar-refractivity contribution in [1.82, 2.24) is 0 Å². The van der Waals surface area contributed by atoms with Gasteiger partial charge in [-0.1, -0.05) is 12.1 Å². The van der Waals surface area contributed by atoms with E-state index in [0.29, 0.717) is 23.8 Å². The smallest absolute Gasteiger partial charge is 0.259 e. The molecular weight excluding hydrogens is 402 g/mol. The minimum absolute atomic E-state index is 0.0727. The molecule has 1 fully saturated rings. The second-order valence-electron chi connectivity index (χ2n) is 7.17. The molecule has 0 saturated carbocycles. The Bertz CT molecular complexity index is 1100. The summed E-state index contributed by atoms with van der Waals surface area (Å²) in [5.74, 6) is -1.69. The number of carbonyl (C=O) groups is 3. The topological polar surface area (TPSA) is 160 Å². The Hall–Kier alpha value is -3.76. The van der Waals surface area contributed by atoms with Crippen molar-refractivity contribution in [2.24, 2.45) is 16.5 Å². The number of primary amides is 1. The molecule has 0 spiro atoms.